The van der Waals surface area contributed by atoms with Gasteiger partial charge in [-0.3, -0.25) is 0 Å². The first-order valence-corrected chi connectivity index (χ1v) is 7.70. The summed E-state index contributed by atoms with van der Waals surface area (Å²) in [7, 11) is 1.67. The largest absolute Gasteiger partial charge is 0.417 e. The predicted octanol–water partition coefficient (Wildman–Crippen LogP) is 4.88. The zero-order valence-electron chi connectivity index (χ0n) is 11.0. The number of rotatable bonds is 2. The van der Waals surface area contributed by atoms with Gasteiger partial charge in [-0.25, -0.2) is 9.97 Å². The first-order valence-electron chi connectivity index (χ1n) is 5.83. The minimum Gasteiger partial charge on any atom is -0.372 e. The fourth-order valence-corrected chi connectivity index (χ4v) is 2.66. The molecule has 0 saturated carbocycles. The second-order valence-corrected chi connectivity index (χ2v) is 6.23. The van der Waals surface area contributed by atoms with Crippen LogP contribution in [0.25, 0.3) is 11.4 Å². The number of aryl methyl sites for hydroxylation is 1. The third-order valence-electron chi connectivity index (χ3n) is 2.78. The first kappa shape index (κ1) is 16.5. The molecule has 1 aromatic carbocycles. The van der Waals surface area contributed by atoms with Crippen LogP contribution in [0.4, 0.5) is 19.0 Å². The van der Waals surface area contributed by atoms with Gasteiger partial charge in [-0.15, -0.1) is 0 Å². The van der Waals surface area contributed by atoms with Crippen molar-refractivity contribution in [3.63, 3.8) is 0 Å². The van der Waals surface area contributed by atoms with Crippen molar-refractivity contribution >= 4 is 44.3 Å². The lowest BCUT2D eigenvalue weighted by molar-refractivity contribution is -0.137. The molecule has 3 nitrogen and oxygen atoms in total. The number of halogens is 5. The molecule has 21 heavy (non-hydrogen) atoms. The molecule has 0 unspecified atom stereocenters. The van der Waals surface area contributed by atoms with Crippen molar-refractivity contribution in [2.75, 3.05) is 12.4 Å². The molecule has 0 aliphatic heterocycles. The molecule has 0 bridgehead atoms. The molecule has 0 aliphatic rings. The Morgan fingerprint density at radius 3 is 2.48 bits per heavy atom. The van der Waals surface area contributed by atoms with E-state index in [-0.39, 0.29) is 11.4 Å². The van der Waals surface area contributed by atoms with Crippen molar-refractivity contribution in [2.24, 2.45) is 0 Å². The van der Waals surface area contributed by atoms with Crippen LogP contribution in [0, 0.1) is 10.5 Å². The van der Waals surface area contributed by atoms with Crippen molar-refractivity contribution in [3.8, 4) is 11.4 Å². The molecule has 1 aromatic heterocycles. The standard InChI is InChI=1S/C13H10BrF3IN3/c1-6-10(18)12(19-2)21-11(20-6)8-4-3-7(14)5-9(8)13(15,16)17/h3-5H,1-2H3,(H,19,20,21). The second kappa shape index (κ2) is 6.07. The van der Waals surface area contributed by atoms with Crippen molar-refractivity contribution in [2.45, 2.75) is 13.1 Å². The first-order chi connectivity index (χ1) is 9.74. The fourth-order valence-electron chi connectivity index (χ4n) is 1.79. The van der Waals surface area contributed by atoms with E-state index in [9.17, 15) is 13.2 Å². The summed E-state index contributed by atoms with van der Waals surface area (Å²) in [4.78, 5) is 8.36. The van der Waals surface area contributed by atoms with Crippen molar-refractivity contribution in [3.05, 3.63) is 37.5 Å². The zero-order valence-corrected chi connectivity index (χ0v) is 14.8. The van der Waals surface area contributed by atoms with E-state index in [1.165, 1.54) is 6.07 Å². The van der Waals surface area contributed by atoms with Gasteiger partial charge in [0.05, 0.1) is 14.8 Å². The number of hydrogen-bond donors (Lipinski definition) is 1. The summed E-state index contributed by atoms with van der Waals surface area (Å²) in [5.41, 5.74) is -0.178. The summed E-state index contributed by atoms with van der Waals surface area (Å²) in [5.74, 6) is 0.561. The van der Waals surface area contributed by atoms with Crippen LogP contribution in [0.15, 0.2) is 22.7 Å². The van der Waals surface area contributed by atoms with Gasteiger partial charge in [-0.05, 0) is 47.7 Å². The minimum atomic E-state index is -4.47. The Bertz CT molecular complexity index is 689. The molecule has 2 aromatic rings. The van der Waals surface area contributed by atoms with Gasteiger partial charge in [-0.1, -0.05) is 15.9 Å². The van der Waals surface area contributed by atoms with Crippen molar-refractivity contribution in [1.29, 1.82) is 0 Å². The van der Waals surface area contributed by atoms with Crippen LogP contribution in [0.2, 0.25) is 0 Å². The van der Waals surface area contributed by atoms with E-state index in [4.69, 9.17) is 0 Å². The Labute approximate surface area is 141 Å². The average molecular weight is 472 g/mol. The number of nitrogens with zero attached hydrogens (tertiary/aromatic N) is 2. The van der Waals surface area contributed by atoms with Crippen LogP contribution in [0.1, 0.15) is 11.3 Å². The fraction of sp³-hybridized carbons (Fsp3) is 0.231. The van der Waals surface area contributed by atoms with E-state index in [1.807, 2.05) is 0 Å². The van der Waals surface area contributed by atoms with Gasteiger partial charge in [0.2, 0.25) is 0 Å². The van der Waals surface area contributed by atoms with Gasteiger partial charge in [0.1, 0.15) is 5.82 Å². The molecule has 0 fully saturated rings. The van der Waals surface area contributed by atoms with E-state index in [2.05, 4.69) is 53.8 Å². The monoisotopic (exact) mass is 471 g/mol. The zero-order chi connectivity index (χ0) is 15.8. The molecular weight excluding hydrogens is 462 g/mol. The van der Waals surface area contributed by atoms with Gasteiger partial charge in [-0.2, -0.15) is 13.2 Å². The van der Waals surface area contributed by atoms with E-state index in [0.29, 0.717) is 16.0 Å². The third-order valence-corrected chi connectivity index (χ3v) is 4.57. The molecule has 8 heteroatoms. The summed E-state index contributed by atoms with van der Waals surface area (Å²) >= 11 is 5.12. The quantitative estimate of drug-likeness (QED) is 0.634. The van der Waals surface area contributed by atoms with Crippen molar-refractivity contribution < 1.29 is 13.2 Å². The van der Waals surface area contributed by atoms with Gasteiger partial charge in [0.25, 0.3) is 0 Å². The average Bonchev–Trinajstić information content (AvgIpc) is 2.40. The molecule has 0 radical (unpaired) electrons. The smallest absolute Gasteiger partial charge is 0.372 e. The molecular formula is C13H10BrF3IN3. The molecule has 112 valence electrons. The maximum atomic E-state index is 13.2. The lowest BCUT2D eigenvalue weighted by Gasteiger charge is -2.14. The summed E-state index contributed by atoms with van der Waals surface area (Å²) in [6, 6.07) is 3.94. The Morgan fingerprint density at radius 1 is 1.24 bits per heavy atom. The molecule has 0 saturated heterocycles. The summed E-state index contributed by atoms with van der Waals surface area (Å²) in [5, 5.41) is 2.87. The SMILES string of the molecule is CNc1nc(-c2ccc(Br)cc2C(F)(F)F)nc(C)c1I. The molecule has 1 heterocycles. The number of alkyl halides is 3. The van der Waals surface area contributed by atoms with Crippen LogP contribution in [-0.2, 0) is 6.18 Å². The lowest BCUT2D eigenvalue weighted by Crippen LogP contribution is -2.10. The molecule has 1 N–H and O–H groups in total. The van der Waals surface area contributed by atoms with Crippen LogP contribution in [0.3, 0.4) is 0 Å². The summed E-state index contributed by atoms with van der Waals surface area (Å²) in [6.45, 7) is 1.74. The van der Waals surface area contributed by atoms with Gasteiger partial charge in [0.15, 0.2) is 5.82 Å². The van der Waals surface area contributed by atoms with Crippen LogP contribution < -0.4 is 5.32 Å². The number of benzene rings is 1. The normalized spacial score (nSPS) is 11.6. The topological polar surface area (TPSA) is 37.8 Å². The number of hydrogen-bond acceptors (Lipinski definition) is 3. The highest BCUT2D eigenvalue weighted by Gasteiger charge is 2.34. The molecule has 0 atom stereocenters. The maximum absolute atomic E-state index is 13.2. The Kier molecular flexibility index (Phi) is 4.76. The Balaban J connectivity index is 2.70. The number of aromatic nitrogens is 2. The van der Waals surface area contributed by atoms with Gasteiger partial charge in [0, 0.05) is 17.1 Å². The predicted molar refractivity (Wildman–Crippen MR) is 87.2 cm³/mol. The Hall–Kier alpha value is -0.900. The Morgan fingerprint density at radius 2 is 1.90 bits per heavy atom. The lowest BCUT2D eigenvalue weighted by atomic mass is 10.1. The minimum absolute atomic E-state index is 0.0401. The highest BCUT2D eigenvalue weighted by Crippen LogP contribution is 2.38. The maximum Gasteiger partial charge on any atom is 0.417 e. The van der Waals surface area contributed by atoms with Crippen LogP contribution >= 0.6 is 38.5 Å². The molecule has 2 rings (SSSR count). The highest BCUT2D eigenvalue weighted by molar-refractivity contribution is 14.1. The van der Waals surface area contributed by atoms with Crippen molar-refractivity contribution in [1.82, 2.24) is 9.97 Å². The number of anilines is 1. The molecule has 0 amide bonds. The third kappa shape index (κ3) is 3.47. The van der Waals surface area contributed by atoms with Gasteiger partial charge >= 0.3 is 6.18 Å². The van der Waals surface area contributed by atoms with Gasteiger partial charge < -0.3 is 5.32 Å². The van der Waals surface area contributed by atoms with Crippen LogP contribution in [0.5, 0.6) is 0 Å². The number of nitrogens with one attached hydrogen (secondary N) is 1. The van der Waals surface area contributed by atoms with Crippen LogP contribution in [-0.4, -0.2) is 17.0 Å². The summed E-state index contributed by atoms with van der Waals surface area (Å²) in [6.07, 6.45) is -4.47. The molecule has 0 aliphatic carbocycles. The summed E-state index contributed by atoms with van der Waals surface area (Å²) < 4.78 is 40.7. The molecule has 0 spiro atoms. The van der Waals surface area contributed by atoms with E-state index >= 15 is 0 Å². The highest BCUT2D eigenvalue weighted by atomic mass is 127. The van der Waals surface area contributed by atoms with E-state index < -0.39 is 11.7 Å². The van der Waals surface area contributed by atoms with E-state index in [1.54, 1.807) is 20.0 Å². The van der Waals surface area contributed by atoms with E-state index in [0.717, 1.165) is 9.64 Å². The second-order valence-electron chi connectivity index (χ2n) is 4.23.